The molecule has 1 saturated heterocycles. The van der Waals surface area contributed by atoms with Gasteiger partial charge in [-0.2, -0.15) is 0 Å². The lowest BCUT2D eigenvalue weighted by molar-refractivity contribution is 0.102. The Morgan fingerprint density at radius 1 is 1.19 bits per heavy atom. The number of anilines is 2. The number of nitrogens with zero attached hydrogens (tertiary/aromatic N) is 5. The predicted molar refractivity (Wildman–Crippen MR) is 148 cm³/mol. The highest BCUT2D eigenvalue weighted by molar-refractivity contribution is 7.88. The molecule has 37 heavy (non-hydrogen) atoms. The summed E-state index contributed by atoms with van der Waals surface area (Å²) in [6.07, 6.45) is 6.57. The van der Waals surface area contributed by atoms with Gasteiger partial charge in [0.1, 0.15) is 23.5 Å². The van der Waals surface area contributed by atoms with Crippen LogP contribution < -0.4 is 4.90 Å². The first kappa shape index (κ1) is 25.8. The number of hydrogen-bond acceptors (Lipinski definition) is 7. The fourth-order valence-corrected chi connectivity index (χ4v) is 6.63. The molecule has 1 aliphatic heterocycles. The molecule has 4 aromatic rings. The number of Topliss-reactive ketones (excluding diaryl/α,β-unsaturated/α-hetero) is 1. The average molecular weight is 540 g/mol. The van der Waals surface area contributed by atoms with E-state index < -0.39 is 11.4 Å². The van der Waals surface area contributed by atoms with E-state index in [0.717, 1.165) is 49.5 Å². The average Bonchev–Trinajstić information content (AvgIpc) is 3.51. The molecule has 7 nitrogen and oxygen atoms in total. The minimum absolute atomic E-state index is 0.0769. The van der Waals surface area contributed by atoms with Gasteiger partial charge in [0.15, 0.2) is 10.9 Å². The van der Waals surface area contributed by atoms with Gasteiger partial charge >= 0.3 is 0 Å². The van der Waals surface area contributed by atoms with Crippen molar-refractivity contribution >= 4 is 45.1 Å². The predicted octanol–water partition coefficient (Wildman–Crippen LogP) is 5.60. The molecular weight excluding hydrogens is 509 g/mol. The van der Waals surface area contributed by atoms with Crippen LogP contribution in [0.25, 0.3) is 16.9 Å². The molecule has 3 aromatic heterocycles. The maximum Gasteiger partial charge on any atom is 0.192 e. The third-order valence-corrected chi connectivity index (χ3v) is 9.29. The fraction of sp³-hybridized carbons (Fsp3) is 0.370. The van der Waals surface area contributed by atoms with Gasteiger partial charge < -0.3 is 9.45 Å². The van der Waals surface area contributed by atoms with Crippen LogP contribution in [0, 0.1) is 5.82 Å². The van der Waals surface area contributed by atoms with Crippen LogP contribution in [0.4, 0.5) is 15.3 Å². The number of pyridine rings is 1. The van der Waals surface area contributed by atoms with Crippen LogP contribution in [0.3, 0.4) is 0 Å². The van der Waals surface area contributed by atoms with E-state index in [1.165, 1.54) is 36.0 Å². The smallest absolute Gasteiger partial charge is 0.192 e. The first-order valence-corrected chi connectivity index (χ1v) is 14.7. The lowest BCUT2D eigenvalue weighted by Gasteiger charge is -2.30. The van der Waals surface area contributed by atoms with Gasteiger partial charge in [0.2, 0.25) is 0 Å². The van der Waals surface area contributed by atoms with Crippen molar-refractivity contribution in [1.29, 1.82) is 0 Å². The Labute approximate surface area is 223 Å². The van der Waals surface area contributed by atoms with E-state index in [-0.39, 0.29) is 11.6 Å². The topological polar surface area (TPSA) is 76.8 Å². The molecule has 10 heteroatoms. The highest BCUT2D eigenvalue weighted by Crippen LogP contribution is 2.38. The number of carbonyl (C=O) groups is 1. The van der Waals surface area contributed by atoms with Gasteiger partial charge in [-0.3, -0.25) is 9.20 Å². The Kier molecular flexibility index (Phi) is 7.35. The fourth-order valence-electron chi connectivity index (χ4n) is 4.96. The molecule has 0 N–H and O–H groups in total. The van der Waals surface area contributed by atoms with E-state index >= 15 is 0 Å². The summed E-state index contributed by atoms with van der Waals surface area (Å²) in [5, 5.41) is 0.671. The SMILES string of the molecule is CCc1nc2ccc(C3CCN([S+](C)[O-])CC3)cn2c1N(C)c1nc(-c2ccc(F)cc2)c(C(C)=O)s1. The highest BCUT2D eigenvalue weighted by Gasteiger charge is 2.27. The van der Waals surface area contributed by atoms with E-state index in [1.54, 1.807) is 18.4 Å². The van der Waals surface area contributed by atoms with E-state index in [0.29, 0.717) is 27.2 Å². The van der Waals surface area contributed by atoms with Crippen molar-refractivity contribution in [3.63, 3.8) is 0 Å². The zero-order valence-corrected chi connectivity index (χ0v) is 23.0. The minimum Gasteiger partial charge on any atom is -0.598 e. The molecule has 194 valence electrons. The summed E-state index contributed by atoms with van der Waals surface area (Å²) in [5.74, 6) is 0.903. The number of halogens is 1. The van der Waals surface area contributed by atoms with Crippen molar-refractivity contribution in [2.45, 2.75) is 39.0 Å². The molecule has 0 spiro atoms. The quantitative estimate of drug-likeness (QED) is 0.225. The number of aromatic nitrogens is 3. The minimum atomic E-state index is -0.930. The van der Waals surface area contributed by atoms with Crippen molar-refractivity contribution in [3.05, 3.63) is 64.5 Å². The monoisotopic (exact) mass is 539 g/mol. The lowest BCUT2D eigenvalue weighted by atomic mass is 9.91. The lowest BCUT2D eigenvalue weighted by Crippen LogP contribution is -2.37. The van der Waals surface area contributed by atoms with Crippen LogP contribution in [-0.2, 0) is 17.8 Å². The van der Waals surface area contributed by atoms with Crippen molar-refractivity contribution in [1.82, 2.24) is 18.7 Å². The van der Waals surface area contributed by atoms with Gasteiger partial charge in [-0.05, 0) is 61.1 Å². The first-order valence-electron chi connectivity index (χ1n) is 12.4. The van der Waals surface area contributed by atoms with Gasteiger partial charge in [-0.15, -0.1) is 4.31 Å². The Morgan fingerprint density at radius 3 is 2.51 bits per heavy atom. The van der Waals surface area contributed by atoms with Crippen LogP contribution in [0.5, 0.6) is 0 Å². The van der Waals surface area contributed by atoms with Crippen LogP contribution in [0.1, 0.15) is 53.5 Å². The summed E-state index contributed by atoms with van der Waals surface area (Å²) in [7, 11) is 1.95. The molecule has 0 amide bonds. The molecule has 1 aliphatic rings. The molecule has 0 bridgehead atoms. The number of piperidine rings is 1. The summed E-state index contributed by atoms with van der Waals surface area (Å²) in [6, 6.07) is 10.3. The summed E-state index contributed by atoms with van der Waals surface area (Å²) < 4.78 is 29.5. The molecule has 4 heterocycles. The number of fused-ring (bicyclic) bond motifs is 1. The number of aryl methyl sites for hydroxylation is 1. The number of hydrogen-bond donors (Lipinski definition) is 0. The molecule has 0 saturated carbocycles. The maximum absolute atomic E-state index is 13.5. The zero-order valence-electron chi connectivity index (χ0n) is 21.4. The summed E-state index contributed by atoms with van der Waals surface area (Å²) in [6.45, 7) is 5.25. The van der Waals surface area contributed by atoms with Crippen LogP contribution in [0.15, 0.2) is 42.6 Å². The number of ketones is 1. The molecule has 1 fully saturated rings. The van der Waals surface area contributed by atoms with Gasteiger partial charge in [0.25, 0.3) is 0 Å². The molecule has 1 atom stereocenters. The third kappa shape index (κ3) is 5.03. The standard InChI is InChI=1S/C27H30FN5O2S2/c1-5-22-26(31(3)27-30-24(25(36-27)17(2)34)19-6-9-21(28)10-7-19)33-16-20(8-11-23(33)29-22)18-12-14-32(15-13-18)37(4)35/h6-11,16,18H,5,12-15H2,1-4H3. The van der Waals surface area contributed by atoms with E-state index in [2.05, 4.69) is 29.7 Å². The Hall–Kier alpha value is -2.79. The van der Waals surface area contributed by atoms with Crippen molar-refractivity contribution in [2.24, 2.45) is 0 Å². The molecule has 0 aliphatic carbocycles. The molecule has 5 rings (SSSR count). The zero-order chi connectivity index (χ0) is 26.3. The van der Waals surface area contributed by atoms with Gasteiger partial charge in [-0.25, -0.2) is 14.4 Å². The van der Waals surface area contributed by atoms with Gasteiger partial charge in [0.05, 0.1) is 16.3 Å². The number of thiazole rings is 1. The van der Waals surface area contributed by atoms with Crippen molar-refractivity contribution < 1.29 is 13.7 Å². The van der Waals surface area contributed by atoms with Gasteiger partial charge in [0, 0.05) is 50.2 Å². The van der Waals surface area contributed by atoms with Crippen LogP contribution in [-0.4, -0.2) is 55.4 Å². The second-order valence-electron chi connectivity index (χ2n) is 9.35. The molecule has 1 unspecified atom stereocenters. The third-order valence-electron chi connectivity index (χ3n) is 6.97. The molecule has 0 radical (unpaired) electrons. The Bertz CT molecular complexity index is 1420. The van der Waals surface area contributed by atoms with Crippen LogP contribution >= 0.6 is 11.3 Å². The Morgan fingerprint density at radius 2 is 1.89 bits per heavy atom. The summed E-state index contributed by atoms with van der Waals surface area (Å²) in [5.41, 5.74) is 4.31. The van der Waals surface area contributed by atoms with Gasteiger partial charge in [-0.1, -0.05) is 24.3 Å². The van der Waals surface area contributed by atoms with E-state index in [9.17, 15) is 13.7 Å². The maximum atomic E-state index is 13.5. The Balaban J connectivity index is 1.53. The van der Waals surface area contributed by atoms with E-state index in [1.807, 2.05) is 16.3 Å². The highest BCUT2D eigenvalue weighted by atomic mass is 32.2. The van der Waals surface area contributed by atoms with Crippen molar-refractivity contribution in [3.8, 4) is 11.3 Å². The molecule has 1 aromatic carbocycles. The van der Waals surface area contributed by atoms with Crippen LogP contribution in [0.2, 0.25) is 0 Å². The van der Waals surface area contributed by atoms with E-state index in [4.69, 9.17) is 9.97 Å². The number of imidazole rings is 1. The second-order valence-corrected chi connectivity index (χ2v) is 11.7. The normalized spacial score (nSPS) is 15.8. The largest absolute Gasteiger partial charge is 0.598 e. The summed E-state index contributed by atoms with van der Waals surface area (Å²) in [4.78, 5) is 24.7. The van der Waals surface area contributed by atoms with Crippen molar-refractivity contribution in [2.75, 3.05) is 31.3 Å². The summed E-state index contributed by atoms with van der Waals surface area (Å²) >= 11 is 0.402. The second kappa shape index (κ2) is 10.5. The number of benzene rings is 1. The first-order chi connectivity index (χ1) is 17.8. The number of carbonyl (C=O) groups excluding carboxylic acids is 1. The molecular formula is C27H30FN5O2S2. The number of rotatable bonds is 7.